The van der Waals surface area contributed by atoms with Gasteiger partial charge in [-0.15, -0.1) is 6.58 Å². The van der Waals surface area contributed by atoms with E-state index in [0.717, 1.165) is 19.5 Å². The molecule has 0 aliphatic heterocycles. The van der Waals surface area contributed by atoms with Crippen molar-refractivity contribution in [3.63, 3.8) is 0 Å². The molecule has 2 rings (SSSR count). The van der Waals surface area contributed by atoms with Crippen molar-refractivity contribution < 1.29 is 0 Å². The van der Waals surface area contributed by atoms with E-state index in [2.05, 4.69) is 48.5 Å². The first kappa shape index (κ1) is 15.8. The van der Waals surface area contributed by atoms with E-state index in [9.17, 15) is 0 Å². The molecule has 1 aromatic heterocycles. The Morgan fingerprint density at radius 1 is 1.19 bits per heavy atom. The third-order valence-electron chi connectivity index (χ3n) is 4.37. The Morgan fingerprint density at radius 2 is 2.00 bits per heavy atom. The Kier molecular flexibility index (Phi) is 5.63. The average Bonchev–Trinajstić information content (AvgIpc) is 2.72. The Hall–Kier alpha value is -1.54. The maximum absolute atomic E-state index is 3.79. The number of aryl methyl sites for hydroxylation is 2. The topological polar surface area (TPSA) is 17.0 Å². The van der Waals surface area contributed by atoms with Crippen molar-refractivity contribution >= 4 is 10.9 Å². The van der Waals surface area contributed by atoms with Crippen LogP contribution in [-0.4, -0.2) is 11.6 Å². The highest BCUT2D eigenvalue weighted by Gasteiger charge is 2.10. The first-order valence-electron chi connectivity index (χ1n) is 8.03. The van der Waals surface area contributed by atoms with E-state index in [4.69, 9.17) is 0 Å². The molecule has 2 heteroatoms. The van der Waals surface area contributed by atoms with Crippen molar-refractivity contribution in [2.24, 2.45) is 0 Å². The second kappa shape index (κ2) is 7.46. The summed E-state index contributed by atoms with van der Waals surface area (Å²) in [5.74, 6) is 0. The molecule has 0 saturated heterocycles. The Morgan fingerprint density at radius 3 is 2.71 bits per heavy atom. The maximum Gasteiger partial charge on any atom is 0.0485 e. The Balaban J connectivity index is 2.19. The number of fused-ring (bicyclic) bond motifs is 1. The highest BCUT2D eigenvalue weighted by Crippen LogP contribution is 2.27. The third-order valence-corrected chi connectivity index (χ3v) is 4.37. The third kappa shape index (κ3) is 3.56. The van der Waals surface area contributed by atoms with Gasteiger partial charge in [-0.05, 0) is 63.4 Å². The maximum atomic E-state index is 3.79. The summed E-state index contributed by atoms with van der Waals surface area (Å²) in [6.07, 6.45) is 6.94. The summed E-state index contributed by atoms with van der Waals surface area (Å²) in [4.78, 5) is 0. The first-order chi connectivity index (χ1) is 10.2. The van der Waals surface area contributed by atoms with Crippen LogP contribution < -0.4 is 5.32 Å². The van der Waals surface area contributed by atoms with Crippen LogP contribution in [0.15, 0.2) is 30.9 Å². The monoisotopic (exact) mass is 284 g/mol. The lowest BCUT2D eigenvalue weighted by molar-refractivity contribution is 0.594. The van der Waals surface area contributed by atoms with E-state index < -0.39 is 0 Å². The Labute approximate surface area is 128 Å². The molecule has 0 bridgehead atoms. The number of aromatic nitrogens is 1. The summed E-state index contributed by atoms with van der Waals surface area (Å²) < 4.78 is 2.49. The molecule has 0 atom stereocenters. The van der Waals surface area contributed by atoms with Crippen molar-refractivity contribution in [1.82, 2.24) is 9.88 Å². The average molecular weight is 284 g/mol. The molecular formula is C19H28N2. The summed E-state index contributed by atoms with van der Waals surface area (Å²) in [5, 5.41) is 4.64. The van der Waals surface area contributed by atoms with Crippen LogP contribution in [0.25, 0.3) is 10.9 Å². The summed E-state index contributed by atoms with van der Waals surface area (Å²) in [6.45, 7) is 10.3. The molecule has 114 valence electrons. The molecule has 2 nitrogen and oxygen atoms in total. The number of unbranched alkanes of at least 4 members (excludes halogenated alkanes) is 3. The quantitative estimate of drug-likeness (QED) is 0.548. The lowest BCUT2D eigenvalue weighted by Gasteiger charge is -2.08. The van der Waals surface area contributed by atoms with Gasteiger partial charge in [0.2, 0.25) is 0 Å². The van der Waals surface area contributed by atoms with Crippen LogP contribution in [0, 0.1) is 13.8 Å². The van der Waals surface area contributed by atoms with Gasteiger partial charge in [-0.25, -0.2) is 0 Å². The van der Waals surface area contributed by atoms with Gasteiger partial charge in [0.05, 0.1) is 0 Å². The number of benzene rings is 1. The minimum absolute atomic E-state index is 0.932. The van der Waals surface area contributed by atoms with Crippen molar-refractivity contribution in [2.45, 2.75) is 52.6 Å². The summed E-state index contributed by atoms with van der Waals surface area (Å²) in [7, 11) is 2.00. The zero-order chi connectivity index (χ0) is 15.2. The fraction of sp³-hybridized carbons (Fsp3) is 0.474. The number of hydrogen-bond acceptors (Lipinski definition) is 1. The number of nitrogens with one attached hydrogen (secondary N) is 1. The summed E-state index contributed by atoms with van der Waals surface area (Å²) in [6, 6.07) is 6.86. The fourth-order valence-corrected chi connectivity index (χ4v) is 3.03. The number of hydrogen-bond donors (Lipinski definition) is 1. The van der Waals surface area contributed by atoms with E-state index in [1.807, 2.05) is 13.1 Å². The van der Waals surface area contributed by atoms with Gasteiger partial charge < -0.3 is 9.88 Å². The van der Waals surface area contributed by atoms with Crippen LogP contribution in [-0.2, 0) is 13.1 Å². The number of rotatable bonds is 8. The van der Waals surface area contributed by atoms with Gasteiger partial charge in [0.25, 0.3) is 0 Å². The van der Waals surface area contributed by atoms with Gasteiger partial charge in [-0.2, -0.15) is 0 Å². The lowest BCUT2D eigenvalue weighted by Crippen LogP contribution is -2.04. The second-order valence-corrected chi connectivity index (χ2v) is 5.88. The largest absolute Gasteiger partial charge is 0.345 e. The van der Waals surface area contributed by atoms with Crippen LogP contribution in [0.3, 0.4) is 0 Å². The number of nitrogens with zero attached hydrogens (tertiary/aromatic N) is 1. The molecule has 0 saturated carbocycles. The molecule has 0 spiro atoms. The van der Waals surface area contributed by atoms with Crippen molar-refractivity contribution in [2.75, 3.05) is 7.05 Å². The van der Waals surface area contributed by atoms with Crippen molar-refractivity contribution in [1.29, 1.82) is 0 Å². The number of allylic oxidation sites excluding steroid dienone is 1. The van der Waals surface area contributed by atoms with E-state index in [1.165, 1.54) is 47.0 Å². The SMILES string of the molecule is C=CCCCCCn1c(C)c(C)c2cc(CNC)ccc21. The highest BCUT2D eigenvalue weighted by molar-refractivity contribution is 5.86. The van der Waals surface area contributed by atoms with Crippen LogP contribution >= 0.6 is 0 Å². The van der Waals surface area contributed by atoms with Gasteiger partial charge in [-0.1, -0.05) is 18.6 Å². The van der Waals surface area contributed by atoms with Gasteiger partial charge in [-0.3, -0.25) is 0 Å². The molecule has 0 unspecified atom stereocenters. The van der Waals surface area contributed by atoms with Crippen LogP contribution in [0.2, 0.25) is 0 Å². The molecular weight excluding hydrogens is 256 g/mol. The van der Waals surface area contributed by atoms with E-state index in [0.29, 0.717) is 0 Å². The normalized spacial score (nSPS) is 11.2. The second-order valence-electron chi connectivity index (χ2n) is 5.88. The molecule has 1 aromatic carbocycles. The smallest absolute Gasteiger partial charge is 0.0485 e. The van der Waals surface area contributed by atoms with Gasteiger partial charge in [0.1, 0.15) is 0 Å². The molecule has 1 heterocycles. The van der Waals surface area contributed by atoms with E-state index in [1.54, 1.807) is 0 Å². The predicted octanol–water partition coefficient (Wildman–Crippen LogP) is 4.72. The lowest BCUT2D eigenvalue weighted by atomic mass is 10.1. The van der Waals surface area contributed by atoms with Crippen molar-refractivity contribution in [3.8, 4) is 0 Å². The zero-order valence-electron chi connectivity index (χ0n) is 13.7. The van der Waals surface area contributed by atoms with Crippen molar-refractivity contribution in [3.05, 3.63) is 47.7 Å². The van der Waals surface area contributed by atoms with E-state index >= 15 is 0 Å². The molecule has 0 fully saturated rings. The van der Waals surface area contributed by atoms with Crippen LogP contribution in [0.1, 0.15) is 42.5 Å². The summed E-state index contributed by atoms with van der Waals surface area (Å²) >= 11 is 0. The standard InChI is InChI=1S/C19H28N2/c1-5-6-7-8-9-12-21-16(3)15(2)18-13-17(14-20-4)10-11-19(18)21/h5,10-11,13,20H,1,6-9,12,14H2,2-4H3. The fourth-order valence-electron chi connectivity index (χ4n) is 3.03. The molecule has 1 N–H and O–H groups in total. The first-order valence-corrected chi connectivity index (χ1v) is 8.03. The van der Waals surface area contributed by atoms with Crippen LogP contribution in [0.5, 0.6) is 0 Å². The van der Waals surface area contributed by atoms with Gasteiger partial charge >= 0.3 is 0 Å². The molecule has 0 aliphatic carbocycles. The highest BCUT2D eigenvalue weighted by atomic mass is 15.0. The molecule has 2 aromatic rings. The molecule has 0 amide bonds. The summed E-state index contributed by atoms with van der Waals surface area (Å²) in [5.41, 5.74) is 5.58. The molecule has 21 heavy (non-hydrogen) atoms. The van der Waals surface area contributed by atoms with E-state index in [-0.39, 0.29) is 0 Å². The molecule has 0 radical (unpaired) electrons. The molecule has 0 aliphatic rings. The van der Waals surface area contributed by atoms with Gasteiger partial charge in [0.15, 0.2) is 0 Å². The zero-order valence-corrected chi connectivity index (χ0v) is 13.7. The van der Waals surface area contributed by atoms with Crippen LogP contribution in [0.4, 0.5) is 0 Å². The Bertz CT molecular complexity index is 608. The van der Waals surface area contributed by atoms with Gasteiger partial charge in [0, 0.05) is 29.7 Å². The minimum Gasteiger partial charge on any atom is -0.345 e. The minimum atomic E-state index is 0.932. The predicted molar refractivity (Wildman–Crippen MR) is 92.8 cm³/mol.